The molecule has 0 fully saturated rings. The van der Waals surface area contributed by atoms with Crippen molar-refractivity contribution in [1.29, 1.82) is 5.26 Å². The minimum Gasteiger partial charge on any atom is -0.465 e. The summed E-state index contributed by atoms with van der Waals surface area (Å²) in [7, 11) is 1.20. The maximum atomic E-state index is 13.0. The Morgan fingerprint density at radius 2 is 2.25 bits per heavy atom. The van der Waals surface area contributed by atoms with Crippen LogP contribution in [0.4, 0.5) is 4.39 Å². The van der Waals surface area contributed by atoms with E-state index in [9.17, 15) is 9.18 Å². The minimum atomic E-state index is -0.704. The summed E-state index contributed by atoms with van der Waals surface area (Å²) in [6.07, 6.45) is 1.36. The molecule has 0 aliphatic heterocycles. The Kier molecular flexibility index (Phi) is 3.78. The number of nitriles is 1. The number of ether oxygens (including phenoxy) is 1. The van der Waals surface area contributed by atoms with Crippen LogP contribution < -0.4 is 0 Å². The zero-order valence-corrected chi connectivity index (χ0v) is 8.95. The van der Waals surface area contributed by atoms with Crippen LogP contribution in [-0.4, -0.2) is 13.1 Å². The van der Waals surface area contributed by atoms with Crippen LogP contribution in [0.1, 0.15) is 11.1 Å². The van der Waals surface area contributed by atoms with Crippen LogP contribution >= 0.6 is 0 Å². The summed E-state index contributed by atoms with van der Waals surface area (Å²) in [5.41, 5.74) is 0.922. The highest BCUT2D eigenvalue weighted by Gasteiger charge is 2.08. The predicted octanol–water partition coefficient (Wildman–Crippen LogP) is 2.21. The Bertz CT molecular complexity index is 486. The monoisotopic (exact) mass is 219 g/mol. The Balaban J connectivity index is 3.10. The van der Waals surface area contributed by atoms with Gasteiger partial charge in [0.2, 0.25) is 0 Å². The largest absolute Gasteiger partial charge is 0.465 e. The second-order valence-corrected chi connectivity index (χ2v) is 3.17. The third-order valence-electron chi connectivity index (χ3n) is 2.02. The highest BCUT2D eigenvalue weighted by Crippen LogP contribution is 2.12. The summed E-state index contributed by atoms with van der Waals surface area (Å²) in [6.45, 7) is 1.61. The van der Waals surface area contributed by atoms with E-state index in [0.29, 0.717) is 11.1 Å². The van der Waals surface area contributed by atoms with Crippen LogP contribution in [0.5, 0.6) is 0 Å². The molecule has 1 rings (SSSR count). The number of carbonyl (C=O) groups excluding carboxylic acids is 1. The number of halogens is 1. The highest BCUT2D eigenvalue weighted by atomic mass is 19.1. The molecule has 0 unspecified atom stereocenters. The molecule has 0 saturated carbocycles. The van der Waals surface area contributed by atoms with Crippen molar-refractivity contribution in [2.75, 3.05) is 7.11 Å². The zero-order valence-electron chi connectivity index (χ0n) is 8.95. The molecule has 0 N–H and O–H groups in total. The predicted molar refractivity (Wildman–Crippen MR) is 56.7 cm³/mol. The van der Waals surface area contributed by atoms with Gasteiger partial charge >= 0.3 is 5.97 Å². The van der Waals surface area contributed by atoms with Crippen molar-refractivity contribution in [1.82, 2.24) is 0 Å². The molecule has 0 saturated heterocycles. The summed E-state index contributed by atoms with van der Waals surface area (Å²) in [5.74, 6) is -1.03. The van der Waals surface area contributed by atoms with E-state index in [1.165, 1.54) is 25.3 Å². The smallest absolute Gasteiger partial charge is 0.348 e. The van der Waals surface area contributed by atoms with E-state index >= 15 is 0 Å². The first-order valence-corrected chi connectivity index (χ1v) is 4.54. The lowest BCUT2D eigenvalue weighted by atomic mass is 10.1. The molecule has 1 aromatic carbocycles. The summed E-state index contributed by atoms with van der Waals surface area (Å²) < 4.78 is 17.4. The van der Waals surface area contributed by atoms with Crippen LogP contribution in [-0.2, 0) is 9.53 Å². The van der Waals surface area contributed by atoms with Crippen LogP contribution in [0.15, 0.2) is 23.8 Å². The quantitative estimate of drug-likeness (QED) is 0.435. The van der Waals surface area contributed by atoms with Gasteiger partial charge in [0.05, 0.1) is 7.11 Å². The lowest BCUT2D eigenvalue weighted by Gasteiger charge is -1.99. The number of hydrogen-bond acceptors (Lipinski definition) is 3. The molecule has 0 aliphatic carbocycles. The van der Waals surface area contributed by atoms with Crippen LogP contribution in [0.2, 0.25) is 0 Å². The molecule has 0 aliphatic rings. The summed E-state index contributed by atoms with van der Waals surface area (Å²) in [5, 5.41) is 8.72. The fraction of sp³-hybridized carbons (Fsp3) is 0.167. The second kappa shape index (κ2) is 5.08. The average molecular weight is 219 g/mol. The van der Waals surface area contributed by atoms with Gasteiger partial charge in [-0.1, -0.05) is 6.07 Å². The topological polar surface area (TPSA) is 50.1 Å². The van der Waals surface area contributed by atoms with Crippen LogP contribution in [0.25, 0.3) is 6.08 Å². The normalized spacial score (nSPS) is 10.8. The van der Waals surface area contributed by atoms with Crippen molar-refractivity contribution >= 4 is 12.0 Å². The molecule has 16 heavy (non-hydrogen) atoms. The molecule has 82 valence electrons. The highest BCUT2D eigenvalue weighted by molar-refractivity contribution is 5.97. The molecule has 0 bridgehead atoms. The lowest BCUT2D eigenvalue weighted by Crippen LogP contribution is -2.02. The number of nitrogens with zero attached hydrogens (tertiary/aromatic N) is 1. The molecule has 0 amide bonds. The van der Waals surface area contributed by atoms with Gasteiger partial charge < -0.3 is 4.74 Å². The van der Waals surface area contributed by atoms with Crippen molar-refractivity contribution < 1.29 is 13.9 Å². The number of carbonyl (C=O) groups is 1. The SMILES string of the molecule is COC(=O)/C(C#N)=C\c1ccc(F)c(C)c1. The third-order valence-corrected chi connectivity index (χ3v) is 2.02. The Morgan fingerprint density at radius 3 is 2.75 bits per heavy atom. The van der Waals surface area contributed by atoms with Crippen molar-refractivity contribution in [2.45, 2.75) is 6.92 Å². The molecule has 0 aromatic heterocycles. The van der Waals surface area contributed by atoms with Gasteiger partial charge in [0.1, 0.15) is 17.5 Å². The van der Waals surface area contributed by atoms with Crippen LogP contribution in [0.3, 0.4) is 0 Å². The van der Waals surface area contributed by atoms with E-state index in [-0.39, 0.29) is 11.4 Å². The first kappa shape index (κ1) is 11.9. The second-order valence-electron chi connectivity index (χ2n) is 3.17. The Morgan fingerprint density at radius 1 is 1.56 bits per heavy atom. The van der Waals surface area contributed by atoms with Gasteiger partial charge in [-0.3, -0.25) is 0 Å². The van der Waals surface area contributed by atoms with Gasteiger partial charge in [-0.25, -0.2) is 9.18 Å². The first-order chi connectivity index (χ1) is 7.58. The molecule has 1 aromatic rings. The first-order valence-electron chi connectivity index (χ1n) is 4.54. The molecule has 0 heterocycles. The van der Waals surface area contributed by atoms with E-state index in [4.69, 9.17) is 5.26 Å². The maximum Gasteiger partial charge on any atom is 0.348 e. The molecule has 3 nitrogen and oxygen atoms in total. The lowest BCUT2D eigenvalue weighted by molar-refractivity contribution is -0.135. The molecule has 0 spiro atoms. The molecule has 4 heteroatoms. The summed E-state index contributed by atoms with van der Waals surface area (Å²) in [6, 6.07) is 6.05. The van der Waals surface area contributed by atoms with Gasteiger partial charge in [0.15, 0.2) is 0 Å². The van der Waals surface area contributed by atoms with Gasteiger partial charge in [-0.05, 0) is 36.3 Å². The summed E-state index contributed by atoms with van der Waals surface area (Å²) >= 11 is 0. The molecular formula is C12H10FNO2. The number of hydrogen-bond donors (Lipinski definition) is 0. The van der Waals surface area contributed by atoms with E-state index in [0.717, 1.165) is 0 Å². The summed E-state index contributed by atoms with van der Waals surface area (Å²) in [4.78, 5) is 11.1. The Labute approximate surface area is 92.8 Å². The van der Waals surface area contributed by atoms with E-state index in [2.05, 4.69) is 4.74 Å². The molecule has 0 radical (unpaired) electrons. The van der Waals surface area contributed by atoms with Gasteiger partial charge in [0.25, 0.3) is 0 Å². The molecular weight excluding hydrogens is 209 g/mol. The number of methoxy groups -OCH3 is 1. The fourth-order valence-corrected chi connectivity index (χ4v) is 1.17. The van der Waals surface area contributed by atoms with E-state index in [1.54, 1.807) is 19.1 Å². The van der Waals surface area contributed by atoms with Crippen LogP contribution in [0, 0.1) is 24.1 Å². The minimum absolute atomic E-state index is 0.117. The third kappa shape index (κ3) is 2.67. The maximum absolute atomic E-state index is 13.0. The standard InChI is InChI=1S/C12H10FNO2/c1-8-5-9(3-4-11(8)13)6-10(7-14)12(15)16-2/h3-6H,1-2H3/b10-6-. The van der Waals surface area contributed by atoms with Gasteiger partial charge in [-0.15, -0.1) is 0 Å². The fourth-order valence-electron chi connectivity index (χ4n) is 1.17. The number of rotatable bonds is 2. The van der Waals surface area contributed by atoms with Crippen molar-refractivity contribution in [3.63, 3.8) is 0 Å². The van der Waals surface area contributed by atoms with E-state index in [1.807, 2.05) is 0 Å². The number of aryl methyl sites for hydroxylation is 1. The van der Waals surface area contributed by atoms with Crippen molar-refractivity contribution in [3.8, 4) is 6.07 Å². The van der Waals surface area contributed by atoms with Crippen molar-refractivity contribution in [2.24, 2.45) is 0 Å². The number of esters is 1. The van der Waals surface area contributed by atoms with Gasteiger partial charge in [0, 0.05) is 0 Å². The van der Waals surface area contributed by atoms with Gasteiger partial charge in [-0.2, -0.15) is 5.26 Å². The van der Waals surface area contributed by atoms with E-state index < -0.39 is 5.97 Å². The number of benzene rings is 1. The van der Waals surface area contributed by atoms with Crippen molar-refractivity contribution in [3.05, 3.63) is 40.7 Å². The Hall–Kier alpha value is -2.15. The molecule has 0 atom stereocenters. The average Bonchev–Trinajstić information content (AvgIpc) is 2.29. The zero-order chi connectivity index (χ0) is 12.1.